The highest BCUT2D eigenvalue weighted by molar-refractivity contribution is 9.10. The molecule has 1 aromatic carbocycles. The molecule has 0 saturated carbocycles. The number of halogens is 1. The molecule has 1 fully saturated rings. The Bertz CT molecular complexity index is 492. The van der Waals surface area contributed by atoms with Crippen LogP contribution in [-0.2, 0) is 11.3 Å². The van der Waals surface area contributed by atoms with Crippen LogP contribution in [-0.4, -0.2) is 35.7 Å². The van der Waals surface area contributed by atoms with Gasteiger partial charge in [-0.25, -0.2) is 0 Å². The smallest absolute Gasteiger partial charge is 0.308 e. The Hall–Kier alpha value is -1.07. The summed E-state index contributed by atoms with van der Waals surface area (Å²) >= 11 is 3.55. The minimum absolute atomic E-state index is 0.0550. The third kappa shape index (κ3) is 3.33. The van der Waals surface area contributed by atoms with Gasteiger partial charge in [-0.05, 0) is 50.1 Å². The third-order valence-corrected chi connectivity index (χ3v) is 4.84. The minimum Gasteiger partial charge on any atom is -0.497 e. The van der Waals surface area contributed by atoms with Gasteiger partial charge in [-0.15, -0.1) is 0 Å². The summed E-state index contributed by atoms with van der Waals surface area (Å²) in [5.74, 6) is -0.136. The number of likely N-dealkylation sites (tertiary alicyclic amines) is 1. The van der Waals surface area contributed by atoms with Gasteiger partial charge in [0.1, 0.15) is 5.75 Å². The van der Waals surface area contributed by atoms with Crippen molar-refractivity contribution in [2.45, 2.75) is 32.4 Å². The zero-order valence-corrected chi connectivity index (χ0v) is 13.4. The Labute approximate surface area is 127 Å². The van der Waals surface area contributed by atoms with E-state index in [4.69, 9.17) is 4.74 Å². The number of aliphatic carboxylic acids is 1. The Morgan fingerprint density at radius 1 is 1.55 bits per heavy atom. The number of piperidine rings is 1. The third-order valence-electron chi connectivity index (χ3n) is 4.06. The van der Waals surface area contributed by atoms with Crippen molar-refractivity contribution in [2.75, 3.05) is 13.7 Å². The number of methoxy groups -OCH3 is 1. The maximum Gasteiger partial charge on any atom is 0.308 e. The molecule has 0 amide bonds. The van der Waals surface area contributed by atoms with Gasteiger partial charge < -0.3 is 9.84 Å². The van der Waals surface area contributed by atoms with Crippen molar-refractivity contribution < 1.29 is 14.6 Å². The summed E-state index contributed by atoms with van der Waals surface area (Å²) in [5.41, 5.74) is 1.13. The Morgan fingerprint density at radius 3 is 2.95 bits per heavy atom. The van der Waals surface area contributed by atoms with E-state index >= 15 is 0 Å². The molecule has 0 aliphatic carbocycles. The van der Waals surface area contributed by atoms with Gasteiger partial charge in [-0.2, -0.15) is 0 Å². The second-order valence-corrected chi connectivity index (χ2v) is 6.11. The van der Waals surface area contributed by atoms with Gasteiger partial charge in [0.2, 0.25) is 0 Å². The van der Waals surface area contributed by atoms with E-state index in [1.165, 1.54) is 0 Å². The fraction of sp³-hybridized carbons (Fsp3) is 0.533. The lowest BCUT2D eigenvalue weighted by Gasteiger charge is -2.37. The molecule has 4 nitrogen and oxygen atoms in total. The molecule has 0 spiro atoms. The van der Waals surface area contributed by atoms with Gasteiger partial charge in [-0.1, -0.05) is 15.9 Å². The molecule has 0 bridgehead atoms. The van der Waals surface area contributed by atoms with E-state index in [0.717, 1.165) is 41.7 Å². The van der Waals surface area contributed by atoms with E-state index in [1.807, 2.05) is 25.1 Å². The molecule has 2 rings (SSSR count). The predicted molar refractivity (Wildman–Crippen MR) is 80.9 cm³/mol. The summed E-state index contributed by atoms with van der Waals surface area (Å²) in [7, 11) is 1.65. The zero-order valence-electron chi connectivity index (χ0n) is 11.8. The van der Waals surface area contributed by atoms with Crippen LogP contribution in [0.25, 0.3) is 0 Å². The monoisotopic (exact) mass is 341 g/mol. The number of rotatable bonds is 4. The molecule has 1 N–H and O–H groups in total. The van der Waals surface area contributed by atoms with Crippen LogP contribution in [0.5, 0.6) is 5.75 Å². The molecule has 0 radical (unpaired) electrons. The standard InChI is InChI=1S/C15H20BrNO3/c1-10-13(15(18)19)4-3-7-17(10)9-11-8-12(20-2)5-6-14(11)16/h5-6,8,10,13H,3-4,7,9H2,1-2H3,(H,18,19)/t10-,13-/m0/s1. The molecule has 1 aliphatic heterocycles. The van der Waals surface area contributed by atoms with Crippen LogP contribution in [0.15, 0.2) is 22.7 Å². The van der Waals surface area contributed by atoms with Crippen LogP contribution in [0.4, 0.5) is 0 Å². The molecule has 1 aromatic rings. The Kier molecular flexibility index (Phi) is 5.05. The molecule has 1 saturated heterocycles. The van der Waals surface area contributed by atoms with E-state index in [2.05, 4.69) is 20.8 Å². The fourth-order valence-electron chi connectivity index (χ4n) is 2.78. The van der Waals surface area contributed by atoms with Crippen molar-refractivity contribution in [2.24, 2.45) is 5.92 Å². The minimum atomic E-state index is -0.688. The van der Waals surface area contributed by atoms with Crippen LogP contribution in [0, 0.1) is 5.92 Å². The number of hydrogen-bond donors (Lipinski definition) is 1. The van der Waals surface area contributed by atoms with Gasteiger partial charge in [0.25, 0.3) is 0 Å². The highest BCUT2D eigenvalue weighted by atomic mass is 79.9. The van der Waals surface area contributed by atoms with Crippen molar-refractivity contribution in [1.82, 2.24) is 4.90 Å². The normalized spacial score (nSPS) is 23.6. The summed E-state index contributed by atoms with van der Waals surface area (Å²) in [6.45, 7) is 3.68. The van der Waals surface area contributed by atoms with Gasteiger partial charge >= 0.3 is 5.97 Å². The molecule has 5 heteroatoms. The van der Waals surface area contributed by atoms with E-state index < -0.39 is 5.97 Å². The molecule has 2 atom stereocenters. The predicted octanol–water partition coefficient (Wildman–Crippen LogP) is 3.14. The largest absolute Gasteiger partial charge is 0.497 e. The topological polar surface area (TPSA) is 49.8 Å². The van der Waals surface area contributed by atoms with Crippen LogP contribution in [0.3, 0.4) is 0 Å². The second-order valence-electron chi connectivity index (χ2n) is 5.26. The lowest BCUT2D eigenvalue weighted by Crippen LogP contribution is -2.45. The second kappa shape index (κ2) is 6.59. The van der Waals surface area contributed by atoms with Gasteiger partial charge in [0, 0.05) is 17.1 Å². The first-order chi connectivity index (χ1) is 9.52. The van der Waals surface area contributed by atoms with E-state index in [0.29, 0.717) is 0 Å². The maximum atomic E-state index is 11.3. The number of carboxylic acids is 1. The van der Waals surface area contributed by atoms with Crippen molar-refractivity contribution >= 4 is 21.9 Å². The average molecular weight is 342 g/mol. The molecule has 0 unspecified atom stereocenters. The summed E-state index contributed by atoms with van der Waals surface area (Å²) in [6.07, 6.45) is 1.70. The molecule has 1 heterocycles. The zero-order chi connectivity index (χ0) is 14.7. The van der Waals surface area contributed by atoms with Gasteiger partial charge in [0.05, 0.1) is 13.0 Å². The highest BCUT2D eigenvalue weighted by Crippen LogP contribution is 2.29. The first kappa shape index (κ1) is 15.3. The number of nitrogens with zero attached hydrogens (tertiary/aromatic N) is 1. The average Bonchev–Trinajstić information content (AvgIpc) is 2.43. The first-order valence-corrected chi connectivity index (χ1v) is 7.61. The number of hydrogen-bond acceptors (Lipinski definition) is 3. The number of benzene rings is 1. The van der Waals surface area contributed by atoms with Crippen LogP contribution in [0.2, 0.25) is 0 Å². The van der Waals surface area contributed by atoms with Crippen molar-refractivity contribution in [3.63, 3.8) is 0 Å². The number of carbonyl (C=O) groups is 1. The fourth-order valence-corrected chi connectivity index (χ4v) is 3.16. The first-order valence-electron chi connectivity index (χ1n) is 6.82. The Balaban J connectivity index is 2.14. The van der Waals surface area contributed by atoms with E-state index in [-0.39, 0.29) is 12.0 Å². The van der Waals surface area contributed by atoms with Crippen molar-refractivity contribution in [1.29, 1.82) is 0 Å². The summed E-state index contributed by atoms with van der Waals surface area (Å²) in [4.78, 5) is 13.5. The molecule has 110 valence electrons. The van der Waals surface area contributed by atoms with E-state index in [1.54, 1.807) is 7.11 Å². The lowest BCUT2D eigenvalue weighted by atomic mass is 9.90. The summed E-state index contributed by atoms with van der Waals surface area (Å²) in [5, 5.41) is 9.27. The van der Waals surface area contributed by atoms with E-state index in [9.17, 15) is 9.90 Å². The van der Waals surface area contributed by atoms with Gasteiger partial charge in [-0.3, -0.25) is 9.69 Å². The lowest BCUT2D eigenvalue weighted by molar-refractivity contribution is -0.145. The molecular formula is C15H20BrNO3. The Morgan fingerprint density at radius 2 is 2.30 bits per heavy atom. The molecule has 20 heavy (non-hydrogen) atoms. The van der Waals surface area contributed by atoms with Crippen LogP contribution < -0.4 is 4.74 Å². The molecule has 0 aromatic heterocycles. The SMILES string of the molecule is COc1ccc(Br)c(CN2CCC[C@H](C(=O)O)[C@@H]2C)c1. The highest BCUT2D eigenvalue weighted by Gasteiger charge is 2.32. The number of carboxylic acid groups (broad SMARTS) is 1. The van der Waals surface area contributed by atoms with Crippen LogP contribution in [0.1, 0.15) is 25.3 Å². The molecule has 1 aliphatic rings. The van der Waals surface area contributed by atoms with Gasteiger partial charge in [0.15, 0.2) is 0 Å². The number of ether oxygens (including phenoxy) is 1. The maximum absolute atomic E-state index is 11.3. The van der Waals surface area contributed by atoms with Crippen molar-refractivity contribution in [3.05, 3.63) is 28.2 Å². The summed E-state index contributed by atoms with van der Waals surface area (Å²) in [6, 6.07) is 5.94. The van der Waals surface area contributed by atoms with Crippen molar-refractivity contribution in [3.8, 4) is 5.75 Å². The summed E-state index contributed by atoms with van der Waals surface area (Å²) < 4.78 is 6.28. The van der Waals surface area contributed by atoms with Crippen LogP contribution >= 0.6 is 15.9 Å². The quantitative estimate of drug-likeness (QED) is 0.913. The molecular weight excluding hydrogens is 322 g/mol.